The molecule has 2 rings (SSSR count). The molecule has 21 heavy (non-hydrogen) atoms. The van der Waals surface area contributed by atoms with Crippen LogP contribution >= 0.6 is 24.0 Å². The van der Waals surface area contributed by atoms with Crippen LogP contribution in [0.2, 0.25) is 0 Å². The zero-order chi connectivity index (χ0) is 14.5. The molecule has 0 heterocycles. The Labute approximate surface area is 143 Å². The maximum atomic E-state index is 11.6. The molecule has 5 nitrogen and oxygen atoms in total. The molecule has 3 N–H and O–H groups in total. The fourth-order valence-electron chi connectivity index (χ4n) is 2.07. The number of nitrogens with zero attached hydrogens (tertiary/aromatic N) is 2. The average molecular weight is 402 g/mol. The molecule has 0 radical (unpaired) electrons. The van der Waals surface area contributed by atoms with Crippen LogP contribution in [0, 0.1) is 0 Å². The van der Waals surface area contributed by atoms with Crippen molar-refractivity contribution in [3.05, 3.63) is 35.4 Å². The Kier molecular flexibility index (Phi) is 6.94. The highest BCUT2D eigenvalue weighted by Gasteiger charge is 2.27. The van der Waals surface area contributed by atoms with Gasteiger partial charge in [0.05, 0.1) is 0 Å². The number of aliphatic imine (C=N–C) groups is 1. The summed E-state index contributed by atoms with van der Waals surface area (Å²) in [5.74, 6) is 0.540. The van der Waals surface area contributed by atoms with Gasteiger partial charge < -0.3 is 16.0 Å². The van der Waals surface area contributed by atoms with Crippen LogP contribution < -0.4 is 11.1 Å². The molecule has 0 bridgehead atoms. The Hall–Kier alpha value is -1.31. The Balaban J connectivity index is 0.00000220. The number of carbonyl (C=O) groups is 1. The summed E-state index contributed by atoms with van der Waals surface area (Å²) in [5.41, 5.74) is 7.71. The van der Waals surface area contributed by atoms with E-state index in [-0.39, 0.29) is 29.9 Å². The summed E-state index contributed by atoms with van der Waals surface area (Å²) in [7, 11) is 3.62. The number of amides is 1. The maximum Gasteiger partial charge on any atom is 0.251 e. The lowest BCUT2D eigenvalue weighted by Crippen LogP contribution is -2.35. The van der Waals surface area contributed by atoms with Crippen molar-refractivity contribution < 1.29 is 4.79 Å². The molecule has 0 atom stereocenters. The van der Waals surface area contributed by atoms with E-state index in [1.165, 1.54) is 12.8 Å². The first-order valence-corrected chi connectivity index (χ1v) is 6.95. The maximum absolute atomic E-state index is 11.6. The Morgan fingerprint density at radius 3 is 2.81 bits per heavy atom. The molecule has 1 aromatic carbocycles. The van der Waals surface area contributed by atoms with E-state index in [0.29, 0.717) is 24.1 Å². The first-order chi connectivity index (χ1) is 9.61. The topological polar surface area (TPSA) is 70.7 Å². The summed E-state index contributed by atoms with van der Waals surface area (Å²) >= 11 is 0. The largest absolute Gasteiger partial charge is 0.370 e. The normalized spacial score (nSPS) is 14.3. The minimum absolute atomic E-state index is 0. The molecular formula is C15H23IN4O. The number of benzene rings is 1. The SMILES string of the molecule is CNC(=O)c1cccc(CCN=C(N)N(C)C2CC2)c1.I. The zero-order valence-electron chi connectivity index (χ0n) is 12.5. The third kappa shape index (κ3) is 5.18. The number of hydrogen-bond acceptors (Lipinski definition) is 2. The van der Waals surface area contributed by atoms with Gasteiger partial charge in [0.2, 0.25) is 0 Å². The number of rotatable bonds is 5. The van der Waals surface area contributed by atoms with E-state index < -0.39 is 0 Å². The second-order valence-corrected chi connectivity index (χ2v) is 5.11. The van der Waals surface area contributed by atoms with Crippen molar-refractivity contribution in [1.82, 2.24) is 10.2 Å². The van der Waals surface area contributed by atoms with Gasteiger partial charge in [-0.05, 0) is 37.0 Å². The van der Waals surface area contributed by atoms with Gasteiger partial charge in [0.25, 0.3) is 5.91 Å². The van der Waals surface area contributed by atoms with Gasteiger partial charge in [0, 0.05) is 32.2 Å². The van der Waals surface area contributed by atoms with Crippen LogP contribution in [0.25, 0.3) is 0 Å². The summed E-state index contributed by atoms with van der Waals surface area (Å²) in [4.78, 5) is 18.0. The Morgan fingerprint density at radius 2 is 2.19 bits per heavy atom. The molecule has 1 aromatic rings. The molecule has 1 fully saturated rings. The van der Waals surface area contributed by atoms with Crippen LogP contribution in [0.3, 0.4) is 0 Å². The van der Waals surface area contributed by atoms with Gasteiger partial charge in [-0.3, -0.25) is 9.79 Å². The molecule has 1 aliphatic rings. The quantitative estimate of drug-likeness (QED) is 0.447. The molecule has 0 spiro atoms. The van der Waals surface area contributed by atoms with Gasteiger partial charge in [0.15, 0.2) is 5.96 Å². The molecule has 1 amide bonds. The van der Waals surface area contributed by atoms with Crippen molar-refractivity contribution in [3.8, 4) is 0 Å². The second-order valence-electron chi connectivity index (χ2n) is 5.11. The highest BCUT2D eigenvalue weighted by molar-refractivity contribution is 14.0. The molecule has 6 heteroatoms. The highest BCUT2D eigenvalue weighted by atomic mass is 127. The van der Waals surface area contributed by atoms with Gasteiger partial charge >= 0.3 is 0 Å². The number of halogens is 1. The lowest BCUT2D eigenvalue weighted by atomic mass is 10.1. The minimum atomic E-state index is -0.0664. The van der Waals surface area contributed by atoms with Crippen molar-refractivity contribution in [2.75, 3.05) is 20.6 Å². The van der Waals surface area contributed by atoms with Crippen molar-refractivity contribution in [1.29, 1.82) is 0 Å². The van der Waals surface area contributed by atoms with Crippen LogP contribution in [0.15, 0.2) is 29.3 Å². The fraction of sp³-hybridized carbons (Fsp3) is 0.467. The first kappa shape index (κ1) is 17.7. The molecule has 1 saturated carbocycles. The van der Waals surface area contributed by atoms with E-state index in [1.807, 2.05) is 30.1 Å². The van der Waals surface area contributed by atoms with E-state index >= 15 is 0 Å². The minimum Gasteiger partial charge on any atom is -0.370 e. The van der Waals surface area contributed by atoms with Gasteiger partial charge in [0.1, 0.15) is 0 Å². The summed E-state index contributed by atoms with van der Waals surface area (Å²) < 4.78 is 0. The Bertz CT molecular complexity index is 514. The van der Waals surface area contributed by atoms with Gasteiger partial charge in [-0.15, -0.1) is 24.0 Å². The first-order valence-electron chi connectivity index (χ1n) is 6.95. The predicted octanol–water partition coefficient (Wildman–Crippen LogP) is 1.62. The van der Waals surface area contributed by atoms with Crippen LogP contribution in [0.1, 0.15) is 28.8 Å². The lowest BCUT2D eigenvalue weighted by molar-refractivity contribution is 0.0963. The van der Waals surface area contributed by atoms with Gasteiger partial charge in [-0.2, -0.15) is 0 Å². The van der Waals surface area contributed by atoms with E-state index in [0.717, 1.165) is 12.0 Å². The third-order valence-corrected chi connectivity index (χ3v) is 3.55. The monoisotopic (exact) mass is 402 g/mol. The van der Waals surface area contributed by atoms with Crippen LogP contribution in [0.5, 0.6) is 0 Å². The zero-order valence-corrected chi connectivity index (χ0v) is 14.8. The standard InChI is InChI=1S/C15H22N4O.HI/c1-17-14(20)12-5-3-4-11(10-12)8-9-18-15(16)19(2)13-6-7-13;/h3-5,10,13H,6-9H2,1-2H3,(H2,16,18)(H,17,20);1H. The Morgan fingerprint density at radius 1 is 1.48 bits per heavy atom. The summed E-state index contributed by atoms with van der Waals surface area (Å²) in [5, 5.41) is 2.62. The molecule has 0 aromatic heterocycles. The van der Waals surface area contributed by atoms with Crippen LogP contribution in [-0.2, 0) is 6.42 Å². The molecular weight excluding hydrogens is 379 g/mol. The number of nitrogens with two attached hydrogens (primary N) is 1. The smallest absolute Gasteiger partial charge is 0.251 e. The summed E-state index contributed by atoms with van der Waals surface area (Å²) in [6.45, 7) is 0.639. The summed E-state index contributed by atoms with van der Waals surface area (Å²) in [6, 6.07) is 8.18. The molecule has 0 unspecified atom stereocenters. The number of guanidine groups is 1. The molecule has 116 valence electrons. The molecule has 0 aliphatic heterocycles. The second kappa shape index (κ2) is 8.21. The van der Waals surface area contributed by atoms with Gasteiger partial charge in [-0.25, -0.2) is 0 Å². The highest BCUT2D eigenvalue weighted by Crippen LogP contribution is 2.24. The van der Waals surface area contributed by atoms with E-state index in [9.17, 15) is 4.79 Å². The van der Waals surface area contributed by atoms with Crippen molar-refractivity contribution in [3.63, 3.8) is 0 Å². The fourth-order valence-corrected chi connectivity index (χ4v) is 2.07. The molecule has 0 saturated heterocycles. The van der Waals surface area contributed by atoms with Crippen molar-refractivity contribution >= 4 is 35.8 Å². The van der Waals surface area contributed by atoms with Gasteiger partial charge in [-0.1, -0.05) is 12.1 Å². The lowest BCUT2D eigenvalue weighted by Gasteiger charge is -2.16. The third-order valence-electron chi connectivity index (χ3n) is 3.55. The number of hydrogen-bond donors (Lipinski definition) is 2. The van der Waals surface area contributed by atoms with E-state index in [4.69, 9.17) is 5.73 Å². The number of carbonyl (C=O) groups excluding carboxylic acids is 1. The average Bonchev–Trinajstić information content (AvgIpc) is 3.30. The predicted molar refractivity (Wildman–Crippen MR) is 96.2 cm³/mol. The summed E-state index contributed by atoms with van der Waals surface area (Å²) in [6.07, 6.45) is 3.20. The van der Waals surface area contributed by atoms with Crippen LogP contribution in [-0.4, -0.2) is 43.4 Å². The van der Waals surface area contributed by atoms with E-state index in [1.54, 1.807) is 13.1 Å². The van der Waals surface area contributed by atoms with E-state index in [2.05, 4.69) is 10.3 Å². The van der Waals surface area contributed by atoms with Crippen molar-refractivity contribution in [2.24, 2.45) is 10.7 Å². The molecule has 1 aliphatic carbocycles. The van der Waals surface area contributed by atoms with Crippen LogP contribution in [0.4, 0.5) is 0 Å². The van der Waals surface area contributed by atoms with Crippen molar-refractivity contribution in [2.45, 2.75) is 25.3 Å². The number of nitrogens with one attached hydrogen (secondary N) is 1.